The van der Waals surface area contributed by atoms with Crippen molar-refractivity contribution in [1.82, 2.24) is 13.6 Å². The molecular formula is C16H19N3O4S2. The summed E-state index contributed by atoms with van der Waals surface area (Å²) in [4.78, 5) is 3.96. The highest BCUT2D eigenvalue weighted by atomic mass is 32.2. The quantitative estimate of drug-likeness (QED) is 0.768. The molecule has 0 N–H and O–H groups in total. The topological polar surface area (TPSA) is 87.7 Å². The van der Waals surface area contributed by atoms with E-state index in [0.717, 1.165) is 0 Å². The van der Waals surface area contributed by atoms with Crippen molar-refractivity contribution in [3.8, 4) is 0 Å². The first-order valence-electron chi connectivity index (χ1n) is 7.81. The molecule has 1 saturated heterocycles. The average Bonchev–Trinajstić information content (AvgIpc) is 2.63. The number of nitrogens with zero attached hydrogens (tertiary/aromatic N) is 3. The number of pyridine rings is 1. The van der Waals surface area contributed by atoms with Gasteiger partial charge in [0.1, 0.15) is 4.90 Å². The molecular weight excluding hydrogens is 362 g/mol. The lowest BCUT2D eigenvalue weighted by atomic mass is 10.2. The van der Waals surface area contributed by atoms with E-state index in [4.69, 9.17) is 0 Å². The van der Waals surface area contributed by atoms with Gasteiger partial charge < -0.3 is 0 Å². The molecule has 0 unspecified atom stereocenters. The zero-order valence-corrected chi connectivity index (χ0v) is 15.2. The highest BCUT2D eigenvalue weighted by Gasteiger charge is 2.33. The standard InChI is InChI=1S/C16H19N3O4S2/c20-24(21,14-15-5-2-1-3-6-15)18-9-11-19(12-10-18)25(22,23)16-7-4-8-17-13-16/h1-8,13H,9-12,14H2. The van der Waals surface area contributed by atoms with Crippen LogP contribution in [-0.4, -0.2) is 56.6 Å². The minimum absolute atomic E-state index is 0.0802. The fraction of sp³-hybridized carbons (Fsp3) is 0.312. The molecule has 25 heavy (non-hydrogen) atoms. The van der Waals surface area contributed by atoms with E-state index in [1.807, 2.05) is 6.07 Å². The largest absolute Gasteiger partial charge is 0.263 e. The number of aromatic nitrogens is 1. The van der Waals surface area contributed by atoms with Gasteiger partial charge in [-0.25, -0.2) is 16.8 Å². The number of piperazine rings is 1. The van der Waals surface area contributed by atoms with Crippen LogP contribution < -0.4 is 0 Å². The Kier molecular flexibility index (Phi) is 5.19. The third-order valence-corrected chi connectivity index (χ3v) is 7.79. The van der Waals surface area contributed by atoms with E-state index < -0.39 is 20.0 Å². The first-order chi connectivity index (χ1) is 11.9. The number of hydrogen-bond acceptors (Lipinski definition) is 5. The summed E-state index contributed by atoms with van der Waals surface area (Å²) in [5, 5.41) is 0. The van der Waals surface area contributed by atoms with E-state index in [2.05, 4.69) is 4.98 Å². The Morgan fingerprint density at radius 2 is 1.48 bits per heavy atom. The van der Waals surface area contributed by atoms with Gasteiger partial charge in [0.05, 0.1) is 5.75 Å². The van der Waals surface area contributed by atoms with E-state index in [0.29, 0.717) is 5.56 Å². The smallest absolute Gasteiger partial charge is 0.244 e. The highest BCUT2D eigenvalue weighted by Crippen LogP contribution is 2.19. The van der Waals surface area contributed by atoms with Gasteiger partial charge in [0.2, 0.25) is 20.0 Å². The second-order valence-electron chi connectivity index (χ2n) is 5.73. The summed E-state index contributed by atoms with van der Waals surface area (Å²) in [5.74, 6) is -0.0802. The SMILES string of the molecule is O=S(=O)(Cc1ccccc1)N1CCN(S(=O)(=O)c2cccnc2)CC1. The molecule has 1 fully saturated rings. The Morgan fingerprint density at radius 3 is 2.08 bits per heavy atom. The van der Waals surface area contributed by atoms with Crippen LogP contribution in [0.1, 0.15) is 5.56 Å². The molecule has 1 aromatic carbocycles. The van der Waals surface area contributed by atoms with Crippen molar-refractivity contribution in [2.45, 2.75) is 10.6 Å². The zero-order valence-electron chi connectivity index (χ0n) is 13.5. The second-order valence-corrected chi connectivity index (χ2v) is 9.64. The van der Waals surface area contributed by atoms with Crippen molar-refractivity contribution < 1.29 is 16.8 Å². The van der Waals surface area contributed by atoms with Crippen molar-refractivity contribution in [3.05, 3.63) is 60.4 Å². The molecule has 2 aromatic rings. The highest BCUT2D eigenvalue weighted by molar-refractivity contribution is 7.89. The predicted octanol–water partition coefficient (Wildman–Crippen LogP) is 0.918. The molecule has 1 aromatic heterocycles. The third kappa shape index (κ3) is 4.06. The minimum Gasteiger partial charge on any atom is -0.263 e. The van der Waals surface area contributed by atoms with E-state index >= 15 is 0 Å². The molecule has 1 aliphatic heterocycles. The predicted molar refractivity (Wildman–Crippen MR) is 93.6 cm³/mol. The number of hydrogen-bond donors (Lipinski definition) is 0. The van der Waals surface area contributed by atoms with E-state index in [-0.39, 0.29) is 36.8 Å². The van der Waals surface area contributed by atoms with Gasteiger partial charge in [-0.05, 0) is 17.7 Å². The lowest BCUT2D eigenvalue weighted by Crippen LogP contribution is -2.50. The first-order valence-corrected chi connectivity index (χ1v) is 10.9. The van der Waals surface area contributed by atoms with Crippen LogP contribution in [0.4, 0.5) is 0 Å². The normalized spacial score (nSPS) is 17.4. The summed E-state index contributed by atoms with van der Waals surface area (Å²) in [7, 11) is -7.11. The minimum atomic E-state index is -3.64. The van der Waals surface area contributed by atoms with Gasteiger partial charge in [0, 0.05) is 38.6 Å². The molecule has 9 heteroatoms. The molecule has 0 amide bonds. The van der Waals surface area contributed by atoms with Crippen molar-refractivity contribution >= 4 is 20.0 Å². The summed E-state index contributed by atoms with van der Waals surface area (Å²) in [6.45, 7) is 0.555. The molecule has 2 heterocycles. The van der Waals surface area contributed by atoms with Crippen LogP contribution in [0.15, 0.2) is 59.8 Å². The van der Waals surface area contributed by atoms with Crippen LogP contribution in [0.3, 0.4) is 0 Å². The molecule has 0 bridgehead atoms. The Morgan fingerprint density at radius 1 is 0.840 bits per heavy atom. The van der Waals surface area contributed by atoms with Crippen molar-refractivity contribution in [1.29, 1.82) is 0 Å². The van der Waals surface area contributed by atoms with Crippen LogP contribution in [-0.2, 0) is 25.8 Å². The van der Waals surface area contributed by atoms with Crippen molar-refractivity contribution in [2.75, 3.05) is 26.2 Å². The molecule has 0 atom stereocenters. The third-order valence-electron chi connectivity index (χ3n) is 4.06. The summed E-state index contributed by atoms with van der Waals surface area (Å²) in [6.07, 6.45) is 2.81. The maximum atomic E-state index is 12.6. The summed E-state index contributed by atoms with van der Waals surface area (Å²) >= 11 is 0. The molecule has 0 spiro atoms. The van der Waals surface area contributed by atoms with Gasteiger partial charge in [0.15, 0.2) is 0 Å². The van der Waals surface area contributed by atoms with Gasteiger partial charge in [-0.2, -0.15) is 8.61 Å². The maximum absolute atomic E-state index is 12.6. The molecule has 0 aliphatic carbocycles. The second kappa shape index (κ2) is 7.20. The lowest BCUT2D eigenvalue weighted by Gasteiger charge is -2.33. The number of benzene rings is 1. The molecule has 0 radical (unpaired) electrons. The lowest BCUT2D eigenvalue weighted by molar-refractivity contribution is 0.272. The first kappa shape index (κ1) is 18.0. The van der Waals surface area contributed by atoms with E-state index in [1.165, 1.54) is 27.1 Å². The Balaban J connectivity index is 1.67. The Bertz CT molecular complexity index is 908. The van der Waals surface area contributed by atoms with Crippen molar-refractivity contribution in [2.24, 2.45) is 0 Å². The number of sulfonamides is 2. The molecule has 1 aliphatic rings. The van der Waals surface area contributed by atoms with Gasteiger partial charge in [-0.3, -0.25) is 4.98 Å². The van der Waals surface area contributed by atoms with Gasteiger partial charge >= 0.3 is 0 Å². The summed E-state index contributed by atoms with van der Waals surface area (Å²) < 4.78 is 52.8. The summed E-state index contributed by atoms with van der Waals surface area (Å²) in [5.41, 5.74) is 0.716. The fourth-order valence-corrected chi connectivity index (χ4v) is 5.62. The summed E-state index contributed by atoms with van der Waals surface area (Å²) in [6, 6.07) is 12.0. The monoisotopic (exact) mass is 381 g/mol. The Hall–Kier alpha value is -1.81. The molecule has 3 rings (SSSR count). The zero-order chi connectivity index (χ0) is 17.9. The van der Waals surface area contributed by atoms with Crippen LogP contribution in [0.2, 0.25) is 0 Å². The maximum Gasteiger partial charge on any atom is 0.244 e. The molecule has 7 nitrogen and oxygen atoms in total. The number of rotatable bonds is 5. The van der Waals surface area contributed by atoms with Crippen LogP contribution in [0.25, 0.3) is 0 Å². The Labute approximate surface area is 148 Å². The van der Waals surface area contributed by atoms with Gasteiger partial charge in [0.25, 0.3) is 0 Å². The van der Waals surface area contributed by atoms with Crippen LogP contribution >= 0.6 is 0 Å². The molecule has 134 valence electrons. The van der Waals surface area contributed by atoms with Gasteiger partial charge in [-0.15, -0.1) is 0 Å². The molecule has 0 saturated carbocycles. The average molecular weight is 381 g/mol. The van der Waals surface area contributed by atoms with Gasteiger partial charge in [-0.1, -0.05) is 30.3 Å². The van der Waals surface area contributed by atoms with Crippen molar-refractivity contribution in [3.63, 3.8) is 0 Å². The van der Waals surface area contributed by atoms with E-state index in [1.54, 1.807) is 30.3 Å². The van der Waals surface area contributed by atoms with E-state index in [9.17, 15) is 16.8 Å². The van der Waals surface area contributed by atoms with Crippen LogP contribution in [0, 0.1) is 0 Å². The van der Waals surface area contributed by atoms with Crippen LogP contribution in [0.5, 0.6) is 0 Å². The fourth-order valence-electron chi connectivity index (χ4n) is 2.71.